The number of urea groups is 1. The highest BCUT2D eigenvalue weighted by Gasteiger charge is 2.19. The number of benzene rings is 1. The van der Waals surface area contributed by atoms with Gasteiger partial charge in [-0.3, -0.25) is 0 Å². The molecule has 0 spiro atoms. The van der Waals surface area contributed by atoms with Gasteiger partial charge in [0.05, 0.1) is 13.2 Å². The molecule has 1 aromatic carbocycles. The van der Waals surface area contributed by atoms with Gasteiger partial charge in [-0.1, -0.05) is 12.1 Å². The van der Waals surface area contributed by atoms with Gasteiger partial charge in [0.25, 0.3) is 0 Å². The molecule has 8 heteroatoms. The molecule has 3 N–H and O–H groups in total. The van der Waals surface area contributed by atoms with Crippen molar-refractivity contribution in [1.82, 2.24) is 15.5 Å². The van der Waals surface area contributed by atoms with Crippen molar-refractivity contribution in [2.75, 3.05) is 38.7 Å². The molecule has 1 atom stereocenters. The predicted octanol–water partition coefficient (Wildman–Crippen LogP) is 3.27. The van der Waals surface area contributed by atoms with Crippen molar-refractivity contribution in [3.63, 3.8) is 0 Å². The minimum atomic E-state index is -0.192. The number of hydrogen-bond donors (Lipinski definition) is 3. The van der Waals surface area contributed by atoms with Gasteiger partial charge in [0.15, 0.2) is 5.96 Å². The van der Waals surface area contributed by atoms with Crippen LogP contribution in [0, 0.1) is 5.92 Å². The van der Waals surface area contributed by atoms with Gasteiger partial charge in [-0.2, -0.15) is 0 Å². The zero-order valence-electron chi connectivity index (χ0n) is 17.3. The van der Waals surface area contributed by atoms with Gasteiger partial charge >= 0.3 is 6.03 Å². The van der Waals surface area contributed by atoms with E-state index in [1.165, 1.54) is 0 Å². The van der Waals surface area contributed by atoms with Crippen molar-refractivity contribution >= 4 is 41.7 Å². The molecule has 1 aromatic rings. The van der Waals surface area contributed by atoms with Gasteiger partial charge in [0.1, 0.15) is 0 Å². The smallest absolute Gasteiger partial charge is 0.319 e. The summed E-state index contributed by atoms with van der Waals surface area (Å²) < 4.78 is 5.47. The van der Waals surface area contributed by atoms with E-state index in [0.29, 0.717) is 12.5 Å². The highest BCUT2D eigenvalue weighted by atomic mass is 127. The van der Waals surface area contributed by atoms with Crippen LogP contribution in [0.3, 0.4) is 0 Å². The van der Waals surface area contributed by atoms with E-state index in [2.05, 4.69) is 34.8 Å². The summed E-state index contributed by atoms with van der Waals surface area (Å²) in [6.07, 6.45) is 1.11. The molecule has 1 unspecified atom stereocenters. The van der Waals surface area contributed by atoms with Crippen LogP contribution >= 0.6 is 24.0 Å². The molecule has 1 saturated heterocycles. The average Bonchev–Trinajstić information content (AvgIpc) is 3.12. The second-order valence-corrected chi connectivity index (χ2v) is 7.23. The summed E-state index contributed by atoms with van der Waals surface area (Å²) in [6.45, 7) is 10.00. The summed E-state index contributed by atoms with van der Waals surface area (Å²) in [7, 11) is 2.07. The van der Waals surface area contributed by atoms with Crippen LogP contribution in [0.25, 0.3) is 0 Å². The zero-order valence-corrected chi connectivity index (χ0v) is 19.7. The van der Waals surface area contributed by atoms with Gasteiger partial charge in [-0.15, -0.1) is 24.0 Å². The maximum absolute atomic E-state index is 11.7. The quantitative estimate of drug-likeness (QED) is 0.303. The van der Waals surface area contributed by atoms with E-state index in [4.69, 9.17) is 9.73 Å². The van der Waals surface area contributed by atoms with Crippen LogP contribution in [-0.4, -0.2) is 56.3 Å². The first-order chi connectivity index (χ1) is 13.0. The van der Waals surface area contributed by atoms with Gasteiger partial charge < -0.3 is 25.6 Å². The van der Waals surface area contributed by atoms with Gasteiger partial charge in [0, 0.05) is 44.4 Å². The number of halogens is 1. The summed E-state index contributed by atoms with van der Waals surface area (Å²) in [5, 5.41) is 8.99. The molecule has 158 valence electrons. The Hall–Kier alpha value is -1.55. The topological polar surface area (TPSA) is 78.0 Å². The summed E-state index contributed by atoms with van der Waals surface area (Å²) >= 11 is 0. The van der Waals surface area contributed by atoms with Gasteiger partial charge in [0.2, 0.25) is 0 Å². The van der Waals surface area contributed by atoms with Crippen LogP contribution < -0.4 is 16.0 Å². The number of nitrogens with zero attached hydrogens (tertiary/aromatic N) is 2. The Morgan fingerprint density at radius 1 is 1.32 bits per heavy atom. The molecular weight excluding hydrogens is 469 g/mol. The Bertz CT molecular complexity index is 616. The summed E-state index contributed by atoms with van der Waals surface area (Å²) in [4.78, 5) is 18.7. The minimum absolute atomic E-state index is 0. The average molecular weight is 503 g/mol. The number of anilines is 1. The lowest BCUT2D eigenvalue weighted by Gasteiger charge is -2.24. The Morgan fingerprint density at radius 2 is 2.04 bits per heavy atom. The van der Waals surface area contributed by atoms with Crippen LogP contribution in [0.1, 0.15) is 32.8 Å². The zero-order chi connectivity index (χ0) is 19.6. The first-order valence-electron chi connectivity index (χ1n) is 9.71. The third-order valence-corrected chi connectivity index (χ3v) is 4.30. The number of guanidine groups is 1. The van der Waals surface area contributed by atoms with Crippen molar-refractivity contribution in [1.29, 1.82) is 0 Å². The van der Waals surface area contributed by atoms with Gasteiger partial charge in [-0.25, -0.2) is 9.79 Å². The Labute approximate surface area is 185 Å². The maximum atomic E-state index is 11.7. The van der Waals surface area contributed by atoms with E-state index in [1.807, 2.05) is 38.1 Å². The molecular formula is C20H34IN5O2. The molecule has 2 amide bonds. The van der Waals surface area contributed by atoms with E-state index in [9.17, 15) is 4.79 Å². The van der Waals surface area contributed by atoms with E-state index in [-0.39, 0.29) is 36.0 Å². The molecule has 1 fully saturated rings. The Balaban J connectivity index is 0.00000392. The van der Waals surface area contributed by atoms with E-state index in [1.54, 1.807) is 0 Å². The lowest BCUT2D eigenvalue weighted by atomic mass is 10.1. The Morgan fingerprint density at radius 3 is 2.61 bits per heavy atom. The molecule has 0 aliphatic carbocycles. The third kappa shape index (κ3) is 8.64. The molecule has 0 saturated carbocycles. The number of nitrogens with one attached hydrogen (secondary N) is 3. The number of hydrogen-bond acceptors (Lipinski definition) is 3. The highest BCUT2D eigenvalue weighted by molar-refractivity contribution is 14.0. The van der Waals surface area contributed by atoms with Crippen molar-refractivity contribution in [3.8, 4) is 0 Å². The molecule has 0 aromatic heterocycles. The van der Waals surface area contributed by atoms with Crippen molar-refractivity contribution in [2.45, 2.75) is 39.8 Å². The minimum Gasteiger partial charge on any atom is -0.381 e. The summed E-state index contributed by atoms with van der Waals surface area (Å²) in [5.41, 5.74) is 1.86. The number of carbonyl (C=O) groups excluding carboxylic acids is 1. The van der Waals surface area contributed by atoms with Crippen molar-refractivity contribution < 1.29 is 9.53 Å². The lowest BCUT2D eigenvalue weighted by Crippen LogP contribution is -2.41. The molecule has 7 nitrogen and oxygen atoms in total. The molecule has 0 radical (unpaired) electrons. The number of amides is 2. The van der Waals surface area contributed by atoms with Crippen molar-refractivity contribution in [3.05, 3.63) is 29.8 Å². The second-order valence-electron chi connectivity index (χ2n) is 7.23. The monoisotopic (exact) mass is 503 g/mol. The Kier molecular flexibility index (Phi) is 11.2. The molecule has 28 heavy (non-hydrogen) atoms. The van der Waals surface area contributed by atoms with Gasteiger partial charge in [-0.05, 0) is 44.9 Å². The van der Waals surface area contributed by atoms with Crippen LogP contribution in [0.4, 0.5) is 10.5 Å². The van der Waals surface area contributed by atoms with Crippen LogP contribution in [-0.2, 0) is 11.3 Å². The first kappa shape index (κ1) is 24.5. The molecule has 1 aliphatic rings. The van der Waals surface area contributed by atoms with Crippen molar-refractivity contribution in [2.24, 2.45) is 10.9 Å². The predicted molar refractivity (Wildman–Crippen MR) is 126 cm³/mol. The number of rotatable bonds is 7. The maximum Gasteiger partial charge on any atom is 0.319 e. The standard InChI is InChI=1S/C20H33N5O2.HI/c1-5-21-19(25(4)13-17-10-11-27-14-17)22-12-16-6-8-18(9-7-16)24-20(26)23-15(2)3;/h6-9,15,17H,5,10-14H2,1-4H3,(H,21,22)(H2,23,24,26);1H. The van der Waals surface area contributed by atoms with Crippen LogP contribution in [0.2, 0.25) is 0 Å². The fourth-order valence-corrected chi connectivity index (χ4v) is 2.96. The molecule has 1 aliphatic heterocycles. The van der Waals surface area contributed by atoms with Crippen LogP contribution in [0.15, 0.2) is 29.3 Å². The molecule has 2 rings (SSSR count). The van der Waals surface area contributed by atoms with E-state index in [0.717, 1.165) is 49.9 Å². The number of ether oxygens (including phenoxy) is 1. The fraction of sp³-hybridized carbons (Fsp3) is 0.600. The number of carbonyl (C=O) groups is 1. The molecule has 0 bridgehead atoms. The second kappa shape index (κ2) is 12.8. The lowest BCUT2D eigenvalue weighted by molar-refractivity contribution is 0.181. The third-order valence-electron chi connectivity index (χ3n) is 4.30. The largest absolute Gasteiger partial charge is 0.381 e. The van der Waals surface area contributed by atoms with E-state index < -0.39 is 0 Å². The summed E-state index contributed by atoms with van der Waals surface area (Å²) in [5.74, 6) is 1.48. The highest BCUT2D eigenvalue weighted by Crippen LogP contribution is 2.14. The SMILES string of the molecule is CCNC(=NCc1ccc(NC(=O)NC(C)C)cc1)N(C)CC1CCOC1.I. The number of aliphatic imine (C=N–C) groups is 1. The molecule has 1 heterocycles. The van der Waals surface area contributed by atoms with E-state index >= 15 is 0 Å². The van der Waals surface area contributed by atoms with Crippen LogP contribution in [0.5, 0.6) is 0 Å². The first-order valence-corrected chi connectivity index (χ1v) is 9.71. The fourth-order valence-electron chi connectivity index (χ4n) is 2.96. The normalized spacial score (nSPS) is 16.5. The summed E-state index contributed by atoms with van der Waals surface area (Å²) in [6, 6.07) is 7.69.